The zero-order chi connectivity index (χ0) is 8.97. The van der Waals surface area contributed by atoms with Crippen molar-refractivity contribution in [3.8, 4) is 0 Å². The first-order valence-electron chi connectivity index (χ1n) is 4.11. The van der Waals surface area contributed by atoms with Crippen LogP contribution < -0.4 is 5.43 Å². The molecule has 1 fully saturated rings. The van der Waals surface area contributed by atoms with Gasteiger partial charge in [0.25, 0.3) is 0 Å². The van der Waals surface area contributed by atoms with Gasteiger partial charge in [-0.1, -0.05) is 6.58 Å². The van der Waals surface area contributed by atoms with Crippen molar-refractivity contribution >= 4 is 5.91 Å². The van der Waals surface area contributed by atoms with E-state index in [-0.39, 0.29) is 5.91 Å². The average molecular weight is 170 g/mol. The van der Waals surface area contributed by atoms with Crippen molar-refractivity contribution in [2.24, 2.45) is 0 Å². The maximum atomic E-state index is 11.0. The Morgan fingerprint density at radius 3 is 3.08 bits per heavy atom. The monoisotopic (exact) mass is 170 g/mol. The Kier molecular flexibility index (Phi) is 3.25. The first kappa shape index (κ1) is 9.22. The number of carbonyl (C=O) groups is 1. The molecule has 4 nitrogen and oxygen atoms in total. The van der Waals surface area contributed by atoms with Crippen LogP contribution in [0.25, 0.3) is 0 Å². The Bertz CT molecular complexity index is 182. The Morgan fingerprint density at radius 1 is 1.67 bits per heavy atom. The fraction of sp³-hybridized carbons (Fsp3) is 0.625. The van der Waals surface area contributed by atoms with Gasteiger partial charge < -0.3 is 5.11 Å². The standard InChI is InChI=1S/C8H14N2O2/c1-2-8(12)10-6-4-3-5-7(11)9-10/h2,8,12H,1,3-6H2,(H,9,11). The van der Waals surface area contributed by atoms with Crippen molar-refractivity contribution < 1.29 is 9.90 Å². The van der Waals surface area contributed by atoms with Gasteiger partial charge in [-0.15, -0.1) is 0 Å². The molecule has 68 valence electrons. The summed E-state index contributed by atoms with van der Waals surface area (Å²) in [5.74, 6) is -0.0339. The maximum absolute atomic E-state index is 11.0. The molecule has 0 saturated carbocycles. The number of nitrogens with one attached hydrogen (secondary N) is 1. The van der Waals surface area contributed by atoms with E-state index < -0.39 is 6.23 Å². The van der Waals surface area contributed by atoms with E-state index in [1.807, 2.05) is 0 Å². The van der Waals surface area contributed by atoms with Crippen molar-refractivity contribution in [2.45, 2.75) is 25.5 Å². The highest BCUT2D eigenvalue weighted by Crippen LogP contribution is 2.05. The molecule has 0 aromatic rings. The lowest BCUT2D eigenvalue weighted by molar-refractivity contribution is -0.128. The number of rotatable bonds is 2. The van der Waals surface area contributed by atoms with Crippen molar-refractivity contribution in [2.75, 3.05) is 6.54 Å². The molecule has 1 saturated heterocycles. The number of aliphatic hydroxyl groups is 1. The lowest BCUT2D eigenvalue weighted by atomic mass is 10.2. The summed E-state index contributed by atoms with van der Waals surface area (Å²) in [7, 11) is 0. The summed E-state index contributed by atoms with van der Waals surface area (Å²) in [6, 6.07) is 0. The first-order valence-corrected chi connectivity index (χ1v) is 4.11. The van der Waals surface area contributed by atoms with Crippen LogP contribution in [0.2, 0.25) is 0 Å². The third-order valence-corrected chi connectivity index (χ3v) is 1.85. The van der Waals surface area contributed by atoms with Gasteiger partial charge in [0.2, 0.25) is 5.91 Å². The van der Waals surface area contributed by atoms with Crippen LogP contribution in [0.5, 0.6) is 0 Å². The van der Waals surface area contributed by atoms with Crippen molar-refractivity contribution in [1.29, 1.82) is 0 Å². The third kappa shape index (κ3) is 2.32. The van der Waals surface area contributed by atoms with Crippen LogP contribution >= 0.6 is 0 Å². The van der Waals surface area contributed by atoms with E-state index in [1.54, 1.807) is 0 Å². The molecular formula is C8H14N2O2. The molecule has 0 aromatic carbocycles. The SMILES string of the molecule is C=CC(O)N1CCCCC(=O)N1. The van der Waals surface area contributed by atoms with Crippen LogP contribution in [-0.2, 0) is 4.79 Å². The first-order chi connectivity index (χ1) is 5.74. The van der Waals surface area contributed by atoms with Crippen molar-refractivity contribution in [1.82, 2.24) is 10.4 Å². The average Bonchev–Trinajstić information content (AvgIpc) is 2.28. The van der Waals surface area contributed by atoms with E-state index in [1.165, 1.54) is 11.1 Å². The van der Waals surface area contributed by atoms with E-state index in [9.17, 15) is 9.90 Å². The molecule has 0 bridgehead atoms. The van der Waals surface area contributed by atoms with Gasteiger partial charge in [0.1, 0.15) is 6.23 Å². The molecule has 0 spiro atoms. The molecule has 1 atom stereocenters. The third-order valence-electron chi connectivity index (χ3n) is 1.85. The summed E-state index contributed by atoms with van der Waals surface area (Å²) in [6.07, 6.45) is 2.97. The van der Waals surface area contributed by atoms with Gasteiger partial charge >= 0.3 is 0 Å². The summed E-state index contributed by atoms with van der Waals surface area (Å²) in [4.78, 5) is 11.0. The fourth-order valence-electron chi connectivity index (χ4n) is 1.17. The molecule has 2 N–H and O–H groups in total. The number of aliphatic hydroxyl groups excluding tert-OH is 1. The zero-order valence-electron chi connectivity index (χ0n) is 6.99. The van der Waals surface area contributed by atoms with E-state index in [0.29, 0.717) is 13.0 Å². The molecule has 4 heteroatoms. The highest BCUT2D eigenvalue weighted by atomic mass is 16.3. The predicted molar refractivity (Wildman–Crippen MR) is 44.9 cm³/mol. The highest BCUT2D eigenvalue weighted by Gasteiger charge is 2.17. The van der Waals surface area contributed by atoms with Crippen LogP contribution in [0.1, 0.15) is 19.3 Å². The lowest BCUT2D eigenvalue weighted by Crippen LogP contribution is -2.46. The number of hydrogen-bond donors (Lipinski definition) is 2. The van der Waals surface area contributed by atoms with Crippen LogP contribution in [0.4, 0.5) is 0 Å². The summed E-state index contributed by atoms with van der Waals surface area (Å²) in [5.41, 5.74) is 2.60. The molecule has 1 unspecified atom stereocenters. The van der Waals surface area contributed by atoms with E-state index >= 15 is 0 Å². The molecule has 0 aromatic heterocycles. The molecule has 1 amide bonds. The van der Waals surface area contributed by atoms with Crippen LogP contribution in [0.15, 0.2) is 12.7 Å². The van der Waals surface area contributed by atoms with Crippen molar-refractivity contribution in [3.63, 3.8) is 0 Å². The van der Waals surface area contributed by atoms with Gasteiger partial charge in [-0.25, -0.2) is 0 Å². The van der Waals surface area contributed by atoms with Crippen LogP contribution in [0, 0.1) is 0 Å². The summed E-state index contributed by atoms with van der Waals surface area (Å²) >= 11 is 0. The number of nitrogens with zero attached hydrogens (tertiary/aromatic N) is 1. The second-order valence-electron chi connectivity index (χ2n) is 2.83. The molecule has 1 aliphatic rings. The van der Waals surface area contributed by atoms with Crippen LogP contribution in [-0.4, -0.2) is 28.8 Å². The zero-order valence-corrected chi connectivity index (χ0v) is 6.99. The molecule has 0 radical (unpaired) electrons. The number of carbonyl (C=O) groups excluding carboxylic acids is 1. The van der Waals surface area contributed by atoms with E-state index in [2.05, 4.69) is 12.0 Å². The van der Waals surface area contributed by atoms with Gasteiger partial charge in [0.15, 0.2) is 0 Å². The smallest absolute Gasteiger partial charge is 0.234 e. The van der Waals surface area contributed by atoms with Gasteiger partial charge in [-0.05, 0) is 18.9 Å². The summed E-state index contributed by atoms with van der Waals surface area (Å²) in [6.45, 7) is 4.13. The molecule has 1 aliphatic heterocycles. The van der Waals surface area contributed by atoms with Crippen molar-refractivity contribution in [3.05, 3.63) is 12.7 Å². The second kappa shape index (κ2) is 4.23. The minimum atomic E-state index is -0.771. The van der Waals surface area contributed by atoms with Gasteiger partial charge in [0, 0.05) is 13.0 Å². The lowest BCUT2D eigenvalue weighted by Gasteiger charge is -2.23. The Balaban J connectivity index is 2.51. The van der Waals surface area contributed by atoms with E-state index in [0.717, 1.165) is 12.8 Å². The Labute approximate surface area is 71.8 Å². The van der Waals surface area contributed by atoms with E-state index in [4.69, 9.17) is 0 Å². The second-order valence-corrected chi connectivity index (χ2v) is 2.83. The molecule has 1 heterocycles. The minimum Gasteiger partial charge on any atom is -0.373 e. The summed E-state index contributed by atoms with van der Waals surface area (Å²) < 4.78 is 0. The Morgan fingerprint density at radius 2 is 2.42 bits per heavy atom. The predicted octanol–water partition coefficient (Wildman–Crippen LogP) is 0.00790. The van der Waals surface area contributed by atoms with Gasteiger partial charge in [0.05, 0.1) is 0 Å². The highest BCUT2D eigenvalue weighted by molar-refractivity contribution is 5.75. The number of amides is 1. The Hall–Kier alpha value is -0.870. The minimum absolute atomic E-state index is 0.0339. The number of hydrogen-bond acceptors (Lipinski definition) is 3. The topological polar surface area (TPSA) is 52.6 Å². The molecular weight excluding hydrogens is 156 g/mol. The molecule has 0 aliphatic carbocycles. The number of hydrazine groups is 1. The largest absolute Gasteiger partial charge is 0.373 e. The normalized spacial score (nSPS) is 22.6. The quantitative estimate of drug-likeness (QED) is 0.574. The maximum Gasteiger partial charge on any atom is 0.234 e. The fourth-order valence-corrected chi connectivity index (χ4v) is 1.17. The molecule has 1 rings (SSSR count). The summed E-state index contributed by atoms with van der Waals surface area (Å²) in [5, 5.41) is 10.8. The van der Waals surface area contributed by atoms with Gasteiger partial charge in [-0.3, -0.25) is 10.2 Å². The van der Waals surface area contributed by atoms with Gasteiger partial charge in [-0.2, -0.15) is 5.01 Å². The molecule has 12 heavy (non-hydrogen) atoms. The van der Waals surface area contributed by atoms with Crippen LogP contribution in [0.3, 0.4) is 0 Å².